The molecule has 0 aromatic heterocycles. The summed E-state index contributed by atoms with van der Waals surface area (Å²) < 4.78 is 5.04. The molecule has 3 nitrogen and oxygen atoms in total. The van der Waals surface area contributed by atoms with Crippen molar-refractivity contribution in [3.63, 3.8) is 0 Å². The highest BCUT2D eigenvalue weighted by Gasteiger charge is 1.97. The van der Waals surface area contributed by atoms with Gasteiger partial charge in [0.05, 0.1) is 12.8 Å². The predicted octanol–water partition coefficient (Wildman–Crippen LogP) is 2.58. The number of oxime groups is 1. The number of benzene rings is 1. The summed E-state index contributed by atoms with van der Waals surface area (Å²) in [6.07, 6.45) is 1.28. The summed E-state index contributed by atoms with van der Waals surface area (Å²) in [6, 6.07) is 7.60. The van der Waals surface area contributed by atoms with Crippen molar-refractivity contribution in [1.82, 2.24) is 0 Å². The molecule has 0 fully saturated rings. The SMILES string of the molecule is C=CO/N=C(\C)c1ccc(OC)cc1. The monoisotopic (exact) mass is 191 g/mol. The lowest BCUT2D eigenvalue weighted by Gasteiger charge is -2.01. The van der Waals surface area contributed by atoms with E-state index in [-0.39, 0.29) is 0 Å². The van der Waals surface area contributed by atoms with Crippen LogP contribution in [0.5, 0.6) is 5.75 Å². The first kappa shape index (κ1) is 10.3. The molecule has 0 aliphatic heterocycles. The van der Waals surface area contributed by atoms with Crippen LogP contribution < -0.4 is 4.74 Å². The molecule has 14 heavy (non-hydrogen) atoms. The van der Waals surface area contributed by atoms with Crippen LogP contribution in [0.1, 0.15) is 12.5 Å². The highest BCUT2D eigenvalue weighted by atomic mass is 16.6. The molecule has 1 rings (SSSR count). The molecule has 0 N–H and O–H groups in total. The summed E-state index contributed by atoms with van der Waals surface area (Å²) in [7, 11) is 1.64. The van der Waals surface area contributed by atoms with Crippen molar-refractivity contribution in [2.75, 3.05) is 7.11 Å². The van der Waals surface area contributed by atoms with Gasteiger partial charge in [-0.1, -0.05) is 11.7 Å². The van der Waals surface area contributed by atoms with E-state index >= 15 is 0 Å². The van der Waals surface area contributed by atoms with Gasteiger partial charge in [0, 0.05) is 0 Å². The maximum Gasteiger partial charge on any atom is 0.118 e. The van der Waals surface area contributed by atoms with Gasteiger partial charge in [-0.2, -0.15) is 0 Å². The third-order valence-electron chi connectivity index (χ3n) is 1.77. The molecule has 0 bridgehead atoms. The number of hydrogen-bond acceptors (Lipinski definition) is 3. The molecule has 0 radical (unpaired) electrons. The Balaban J connectivity index is 2.80. The van der Waals surface area contributed by atoms with Crippen LogP contribution in [0, 0.1) is 0 Å². The third kappa shape index (κ3) is 2.62. The van der Waals surface area contributed by atoms with Gasteiger partial charge in [-0.05, 0) is 36.8 Å². The Morgan fingerprint density at radius 1 is 1.36 bits per heavy atom. The molecular weight excluding hydrogens is 178 g/mol. The van der Waals surface area contributed by atoms with Crippen molar-refractivity contribution >= 4 is 5.71 Å². The van der Waals surface area contributed by atoms with Crippen molar-refractivity contribution in [3.05, 3.63) is 42.7 Å². The summed E-state index contributed by atoms with van der Waals surface area (Å²) in [5, 5.41) is 3.83. The first-order valence-electron chi connectivity index (χ1n) is 4.23. The van der Waals surface area contributed by atoms with Crippen LogP contribution in [0.15, 0.2) is 42.3 Å². The minimum Gasteiger partial charge on any atom is -0.497 e. The van der Waals surface area contributed by atoms with Crippen molar-refractivity contribution in [1.29, 1.82) is 0 Å². The van der Waals surface area contributed by atoms with Crippen LogP contribution in [-0.2, 0) is 4.84 Å². The van der Waals surface area contributed by atoms with Crippen LogP contribution in [0.4, 0.5) is 0 Å². The van der Waals surface area contributed by atoms with Crippen LogP contribution in [0.2, 0.25) is 0 Å². The van der Waals surface area contributed by atoms with Gasteiger partial charge in [-0.3, -0.25) is 0 Å². The largest absolute Gasteiger partial charge is 0.497 e. The van der Waals surface area contributed by atoms with Gasteiger partial charge >= 0.3 is 0 Å². The standard InChI is InChI=1S/C11H13NO2/c1-4-14-12-9(2)10-5-7-11(13-3)8-6-10/h4-8H,1H2,2-3H3/b12-9+. The number of methoxy groups -OCH3 is 1. The van der Waals surface area contributed by atoms with Gasteiger partial charge in [-0.15, -0.1) is 0 Å². The quantitative estimate of drug-likeness (QED) is 0.416. The van der Waals surface area contributed by atoms with E-state index in [4.69, 9.17) is 9.57 Å². The minimum atomic E-state index is 0.799. The summed E-state index contributed by atoms with van der Waals surface area (Å²) in [6.45, 7) is 5.27. The highest BCUT2D eigenvalue weighted by Crippen LogP contribution is 2.11. The number of rotatable bonds is 4. The molecule has 0 aliphatic carbocycles. The molecule has 1 aromatic carbocycles. The summed E-state index contributed by atoms with van der Waals surface area (Å²) in [5.74, 6) is 0.825. The highest BCUT2D eigenvalue weighted by molar-refractivity contribution is 5.98. The van der Waals surface area contributed by atoms with Crippen molar-refractivity contribution < 1.29 is 9.57 Å². The van der Waals surface area contributed by atoms with Crippen LogP contribution in [-0.4, -0.2) is 12.8 Å². The lowest BCUT2D eigenvalue weighted by atomic mass is 10.1. The molecule has 0 atom stereocenters. The molecule has 1 aromatic rings. The fourth-order valence-corrected chi connectivity index (χ4v) is 1.00. The summed E-state index contributed by atoms with van der Waals surface area (Å²) in [5.41, 5.74) is 1.79. The van der Waals surface area contributed by atoms with E-state index < -0.39 is 0 Å². The summed E-state index contributed by atoms with van der Waals surface area (Å²) in [4.78, 5) is 4.73. The van der Waals surface area contributed by atoms with E-state index in [1.807, 2.05) is 31.2 Å². The second-order valence-electron chi connectivity index (χ2n) is 2.68. The lowest BCUT2D eigenvalue weighted by Crippen LogP contribution is -1.94. The molecule has 0 aliphatic rings. The fourth-order valence-electron chi connectivity index (χ4n) is 1.00. The van der Waals surface area contributed by atoms with E-state index in [9.17, 15) is 0 Å². The maximum absolute atomic E-state index is 5.04. The van der Waals surface area contributed by atoms with E-state index in [2.05, 4.69) is 11.7 Å². The molecule has 0 saturated heterocycles. The Kier molecular flexibility index (Phi) is 3.73. The second-order valence-corrected chi connectivity index (χ2v) is 2.68. The van der Waals surface area contributed by atoms with E-state index in [1.165, 1.54) is 6.26 Å². The summed E-state index contributed by atoms with van der Waals surface area (Å²) >= 11 is 0. The van der Waals surface area contributed by atoms with Gasteiger partial charge in [-0.25, -0.2) is 0 Å². The van der Waals surface area contributed by atoms with Crippen molar-refractivity contribution in [2.45, 2.75) is 6.92 Å². The molecule has 0 heterocycles. The number of hydrogen-bond donors (Lipinski definition) is 0. The molecule has 0 spiro atoms. The predicted molar refractivity (Wildman–Crippen MR) is 56.5 cm³/mol. The molecule has 0 unspecified atom stereocenters. The lowest BCUT2D eigenvalue weighted by molar-refractivity contribution is 0.269. The molecule has 0 saturated carbocycles. The first-order valence-corrected chi connectivity index (χ1v) is 4.23. The fraction of sp³-hybridized carbons (Fsp3) is 0.182. The normalized spacial score (nSPS) is 10.9. The number of ether oxygens (including phenoxy) is 1. The zero-order valence-corrected chi connectivity index (χ0v) is 8.36. The van der Waals surface area contributed by atoms with Gasteiger partial charge in [0.15, 0.2) is 0 Å². The van der Waals surface area contributed by atoms with E-state index in [0.717, 1.165) is 17.0 Å². The van der Waals surface area contributed by atoms with Crippen molar-refractivity contribution in [2.24, 2.45) is 5.16 Å². The maximum atomic E-state index is 5.04. The van der Waals surface area contributed by atoms with E-state index in [0.29, 0.717) is 0 Å². The van der Waals surface area contributed by atoms with Gasteiger partial charge in [0.25, 0.3) is 0 Å². The Morgan fingerprint density at radius 3 is 2.50 bits per heavy atom. The number of nitrogens with zero attached hydrogens (tertiary/aromatic N) is 1. The smallest absolute Gasteiger partial charge is 0.118 e. The Labute approximate surface area is 83.6 Å². The average Bonchev–Trinajstić information content (AvgIpc) is 2.26. The Hall–Kier alpha value is -1.77. The van der Waals surface area contributed by atoms with Gasteiger partial charge in [0.2, 0.25) is 0 Å². The Bertz CT molecular complexity index is 328. The Morgan fingerprint density at radius 2 is 2.00 bits per heavy atom. The first-order chi connectivity index (χ1) is 6.77. The zero-order chi connectivity index (χ0) is 10.4. The molecule has 74 valence electrons. The third-order valence-corrected chi connectivity index (χ3v) is 1.77. The van der Waals surface area contributed by atoms with Crippen LogP contribution in [0.25, 0.3) is 0 Å². The minimum absolute atomic E-state index is 0.799. The molecule has 0 amide bonds. The zero-order valence-electron chi connectivity index (χ0n) is 8.36. The topological polar surface area (TPSA) is 30.8 Å². The van der Waals surface area contributed by atoms with Crippen molar-refractivity contribution in [3.8, 4) is 5.75 Å². The molecular formula is C11H13NO2. The second kappa shape index (κ2) is 5.07. The van der Waals surface area contributed by atoms with Gasteiger partial charge in [0.1, 0.15) is 12.0 Å². The van der Waals surface area contributed by atoms with E-state index in [1.54, 1.807) is 7.11 Å². The van der Waals surface area contributed by atoms with Crippen LogP contribution >= 0.6 is 0 Å². The molecule has 3 heteroatoms. The average molecular weight is 191 g/mol. The van der Waals surface area contributed by atoms with Crippen LogP contribution in [0.3, 0.4) is 0 Å². The van der Waals surface area contributed by atoms with Gasteiger partial charge < -0.3 is 9.57 Å².